The number of hydrogen-bond acceptors (Lipinski definition) is 7. The molecule has 2 heterocycles. The van der Waals surface area contributed by atoms with Gasteiger partial charge < -0.3 is 30.3 Å². The summed E-state index contributed by atoms with van der Waals surface area (Å²) in [5, 5.41) is 8.57. The molecule has 0 saturated carbocycles. The highest BCUT2D eigenvalue weighted by atomic mass is 16.5. The Morgan fingerprint density at radius 2 is 1.72 bits per heavy atom. The Bertz CT molecular complexity index is 1280. The van der Waals surface area contributed by atoms with Crippen LogP contribution in [-0.4, -0.2) is 92.0 Å². The second kappa shape index (κ2) is 15.5. The summed E-state index contributed by atoms with van der Waals surface area (Å²) < 4.78 is 11.3. The number of carbonyl (C=O) groups is 4. The van der Waals surface area contributed by atoms with Crippen molar-refractivity contribution in [3.63, 3.8) is 0 Å². The lowest BCUT2D eigenvalue weighted by molar-refractivity contribution is -0.137. The van der Waals surface area contributed by atoms with Crippen LogP contribution >= 0.6 is 0 Å². The van der Waals surface area contributed by atoms with Gasteiger partial charge in [0.15, 0.2) is 0 Å². The average Bonchev–Trinajstić information content (AvgIpc) is 3.00. The number of morpholine rings is 1. The number of amides is 4. The first-order valence-corrected chi connectivity index (χ1v) is 14.9. The lowest BCUT2D eigenvalue weighted by atomic mass is 10.0. The highest BCUT2D eigenvalue weighted by molar-refractivity contribution is 5.99. The van der Waals surface area contributed by atoms with Gasteiger partial charge in [0, 0.05) is 39.6 Å². The van der Waals surface area contributed by atoms with Crippen LogP contribution in [0.4, 0.5) is 0 Å². The summed E-state index contributed by atoms with van der Waals surface area (Å²) in [6.07, 6.45) is 0.00408. The van der Waals surface area contributed by atoms with E-state index in [0.717, 1.165) is 44.0 Å². The van der Waals surface area contributed by atoms with Crippen LogP contribution in [0.5, 0.6) is 5.75 Å². The van der Waals surface area contributed by atoms with E-state index in [4.69, 9.17) is 9.47 Å². The Morgan fingerprint density at radius 3 is 2.49 bits per heavy atom. The zero-order chi connectivity index (χ0) is 30.8. The van der Waals surface area contributed by atoms with Crippen LogP contribution in [0.2, 0.25) is 0 Å². The monoisotopic (exact) mass is 593 g/mol. The summed E-state index contributed by atoms with van der Waals surface area (Å²) in [6, 6.07) is 13.1. The van der Waals surface area contributed by atoms with Gasteiger partial charge in [0.2, 0.25) is 17.7 Å². The molecular weight excluding hydrogens is 550 g/mol. The molecule has 0 aliphatic carbocycles. The maximum atomic E-state index is 13.4. The van der Waals surface area contributed by atoms with Crippen molar-refractivity contribution in [2.75, 3.05) is 46.5 Å². The summed E-state index contributed by atoms with van der Waals surface area (Å²) in [5.41, 5.74) is 2.34. The van der Waals surface area contributed by atoms with E-state index in [0.29, 0.717) is 5.75 Å². The normalized spacial score (nSPS) is 21.1. The number of para-hydroxylation sites is 1. The highest BCUT2D eigenvalue weighted by Gasteiger charge is 2.29. The van der Waals surface area contributed by atoms with E-state index >= 15 is 0 Å². The van der Waals surface area contributed by atoms with Crippen molar-refractivity contribution in [2.45, 2.75) is 51.9 Å². The molecule has 0 spiro atoms. The van der Waals surface area contributed by atoms with Crippen molar-refractivity contribution in [3.8, 4) is 5.75 Å². The lowest BCUT2D eigenvalue weighted by Gasteiger charge is -2.27. The van der Waals surface area contributed by atoms with Gasteiger partial charge in [-0.3, -0.25) is 24.1 Å². The SMILES string of the molecule is CC(C)[C@H]1NC(=O)CC[C@@H](C(=O)NCc2cccc(CN3CCOCC3)c2)NC(=O)c2ccccc2OCCN(C)C1=O. The number of hydrogen-bond donors (Lipinski definition) is 3. The van der Waals surface area contributed by atoms with Crippen molar-refractivity contribution in [2.24, 2.45) is 5.92 Å². The molecule has 2 aromatic carbocycles. The van der Waals surface area contributed by atoms with Crippen LogP contribution in [0.15, 0.2) is 48.5 Å². The van der Waals surface area contributed by atoms with Gasteiger partial charge >= 0.3 is 0 Å². The molecule has 43 heavy (non-hydrogen) atoms. The van der Waals surface area contributed by atoms with Gasteiger partial charge in [0.1, 0.15) is 24.4 Å². The maximum absolute atomic E-state index is 13.4. The smallest absolute Gasteiger partial charge is 0.255 e. The summed E-state index contributed by atoms with van der Waals surface area (Å²) in [4.78, 5) is 56.7. The molecule has 4 amide bonds. The Morgan fingerprint density at radius 1 is 0.977 bits per heavy atom. The van der Waals surface area contributed by atoms with Crippen LogP contribution in [-0.2, 0) is 32.2 Å². The van der Waals surface area contributed by atoms with Crippen molar-refractivity contribution in [1.29, 1.82) is 0 Å². The van der Waals surface area contributed by atoms with Gasteiger partial charge in [-0.25, -0.2) is 0 Å². The highest BCUT2D eigenvalue weighted by Crippen LogP contribution is 2.19. The molecule has 0 aromatic heterocycles. The van der Waals surface area contributed by atoms with Crippen LogP contribution in [0, 0.1) is 5.92 Å². The van der Waals surface area contributed by atoms with Gasteiger partial charge in [-0.05, 0) is 35.6 Å². The number of fused-ring (bicyclic) bond motifs is 1. The first-order valence-electron chi connectivity index (χ1n) is 14.9. The second-order valence-corrected chi connectivity index (χ2v) is 11.4. The Kier molecular flexibility index (Phi) is 11.5. The van der Waals surface area contributed by atoms with Crippen LogP contribution in [0.1, 0.15) is 48.2 Å². The topological polar surface area (TPSA) is 129 Å². The molecule has 1 saturated heterocycles. The fourth-order valence-corrected chi connectivity index (χ4v) is 5.13. The van der Waals surface area contributed by atoms with Crippen LogP contribution < -0.4 is 20.7 Å². The number of benzene rings is 2. The van der Waals surface area contributed by atoms with Crippen molar-refractivity contribution < 1.29 is 28.7 Å². The third-order valence-electron chi connectivity index (χ3n) is 7.69. The molecule has 11 nitrogen and oxygen atoms in total. The van der Waals surface area contributed by atoms with E-state index in [1.165, 1.54) is 4.90 Å². The number of nitrogens with one attached hydrogen (secondary N) is 3. The quantitative estimate of drug-likeness (QED) is 0.465. The Hall–Kier alpha value is -3.96. The third kappa shape index (κ3) is 9.26. The van der Waals surface area contributed by atoms with Crippen molar-refractivity contribution in [1.82, 2.24) is 25.8 Å². The summed E-state index contributed by atoms with van der Waals surface area (Å²) in [5.74, 6) is -1.28. The number of ether oxygens (including phenoxy) is 2. The van der Waals surface area contributed by atoms with E-state index in [2.05, 4.69) is 33.0 Å². The zero-order valence-electron chi connectivity index (χ0n) is 25.3. The van der Waals surface area contributed by atoms with Gasteiger partial charge in [0.05, 0.1) is 25.3 Å². The van der Waals surface area contributed by atoms with Gasteiger partial charge in [-0.15, -0.1) is 0 Å². The molecular formula is C32H43N5O6. The summed E-state index contributed by atoms with van der Waals surface area (Å²) in [6.45, 7) is 8.44. The molecule has 0 bridgehead atoms. The van der Waals surface area contributed by atoms with E-state index in [1.807, 2.05) is 26.0 Å². The first-order chi connectivity index (χ1) is 20.7. The lowest BCUT2D eigenvalue weighted by Crippen LogP contribution is -2.51. The standard InChI is InChI=1S/C32H43N5O6/c1-22(2)29-32(41)36(3)13-18-43-27-10-5-4-9-25(27)30(39)34-26(11-12-28(38)35-29)31(40)33-20-23-7-6-8-24(19-23)21-37-14-16-42-17-15-37/h4-10,19,22,26,29H,11-18,20-21H2,1-3H3,(H,33,40)(H,34,39)(H,35,38)/t26-,29+/m0/s1. The summed E-state index contributed by atoms with van der Waals surface area (Å²) >= 11 is 0. The third-order valence-corrected chi connectivity index (χ3v) is 7.69. The first kappa shape index (κ1) is 32.0. The number of rotatable bonds is 6. The zero-order valence-corrected chi connectivity index (χ0v) is 25.3. The molecule has 2 aliphatic heterocycles. The minimum atomic E-state index is -0.983. The predicted molar refractivity (Wildman–Crippen MR) is 161 cm³/mol. The van der Waals surface area contributed by atoms with Gasteiger partial charge in [-0.1, -0.05) is 50.2 Å². The minimum Gasteiger partial charge on any atom is -0.491 e. The molecule has 2 aromatic rings. The van der Waals surface area contributed by atoms with E-state index < -0.39 is 23.9 Å². The number of likely N-dealkylation sites (N-methyl/N-ethyl adjacent to an activating group) is 1. The van der Waals surface area contributed by atoms with Gasteiger partial charge in [-0.2, -0.15) is 0 Å². The molecule has 2 aliphatic rings. The average molecular weight is 594 g/mol. The largest absolute Gasteiger partial charge is 0.491 e. The minimum absolute atomic E-state index is 0.0498. The molecule has 4 rings (SSSR count). The molecule has 2 atom stereocenters. The summed E-state index contributed by atoms with van der Waals surface area (Å²) in [7, 11) is 1.66. The number of nitrogens with zero attached hydrogens (tertiary/aromatic N) is 2. The van der Waals surface area contributed by atoms with Gasteiger partial charge in [0.25, 0.3) is 5.91 Å². The fourth-order valence-electron chi connectivity index (χ4n) is 5.13. The van der Waals surface area contributed by atoms with E-state index in [-0.39, 0.29) is 55.8 Å². The van der Waals surface area contributed by atoms with Crippen molar-refractivity contribution in [3.05, 3.63) is 65.2 Å². The van der Waals surface area contributed by atoms with Crippen molar-refractivity contribution >= 4 is 23.6 Å². The van der Waals surface area contributed by atoms with E-state index in [1.54, 1.807) is 31.3 Å². The predicted octanol–water partition coefficient (Wildman–Crippen LogP) is 1.71. The maximum Gasteiger partial charge on any atom is 0.255 e. The molecule has 1 fully saturated rings. The fraction of sp³-hybridized carbons (Fsp3) is 0.500. The Labute approximate surface area is 253 Å². The van der Waals surface area contributed by atoms with E-state index in [9.17, 15) is 19.2 Å². The molecule has 232 valence electrons. The van der Waals surface area contributed by atoms with Crippen LogP contribution in [0.3, 0.4) is 0 Å². The number of carbonyl (C=O) groups excluding carboxylic acids is 4. The molecule has 3 N–H and O–H groups in total. The molecule has 0 unspecified atom stereocenters. The second-order valence-electron chi connectivity index (χ2n) is 11.4. The van der Waals surface area contributed by atoms with Crippen LogP contribution in [0.25, 0.3) is 0 Å². The molecule has 0 radical (unpaired) electrons. The Balaban J connectivity index is 1.48. The molecule has 11 heteroatoms.